The van der Waals surface area contributed by atoms with Crippen molar-refractivity contribution < 1.29 is 0 Å². The average Bonchev–Trinajstić information content (AvgIpc) is 2.77. The third kappa shape index (κ3) is 3.73. The van der Waals surface area contributed by atoms with Crippen LogP contribution < -0.4 is 11.3 Å². The molecule has 0 atom stereocenters. The van der Waals surface area contributed by atoms with Gasteiger partial charge in [0.05, 0.1) is 0 Å². The summed E-state index contributed by atoms with van der Waals surface area (Å²) in [5.41, 5.74) is 5.25. The molecule has 0 radical (unpaired) electrons. The Balaban J connectivity index is 1.83. The van der Waals surface area contributed by atoms with Crippen LogP contribution in [0.4, 0.5) is 5.13 Å². The minimum Gasteiger partial charge on any atom is -0.300 e. The fourth-order valence-corrected chi connectivity index (χ4v) is 3.31. The summed E-state index contributed by atoms with van der Waals surface area (Å²) in [5, 5.41) is 0.774. The molecule has 1 heterocycles. The van der Waals surface area contributed by atoms with Gasteiger partial charge in [0.15, 0.2) is 5.13 Å². The lowest BCUT2D eigenvalue weighted by atomic mass is 10.2. The molecular weight excluding hydrogens is 250 g/mol. The first kappa shape index (κ1) is 12.4. The molecule has 0 saturated carbocycles. The van der Waals surface area contributed by atoms with Crippen LogP contribution in [-0.2, 0) is 11.5 Å². The molecule has 5 heteroatoms. The lowest BCUT2D eigenvalue weighted by molar-refractivity contribution is 1.28. The Bertz CT molecular complexity index is 482. The Kier molecular flexibility index (Phi) is 4.42. The predicted octanol–water partition coefficient (Wildman–Crippen LogP) is 3.17. The molecule has 2 rings (SSSR count). The number of aromatic nitrogens is 1. The highest BCUT2D eigenvalue weighted by Gasteiger charge is 2.01. The van der Waals surface area contributed by atoms with Crippen LogP contribution in [0.15, 0.2) is 30.5 Å². The molecule has 1 aromatic heterocycles. The monoisotopic (exact) mass is 265 g/mol. The van der Waals surface area contributed by atoms with Gasteiger partial charge in [-0.05, 0) is 12.5 Å². The Hall–Kier alpha value is -1.04. The van der Waals surface area contributed by atoms with Crippen molar-refractivity contribution in [3.63, 3.8) is 0 Å². The molecule has 0 fully saturated rings. The molecule has 1 aromatic carbocycles. The predicted molar refractivity (Wildman–Crippen MR) is 76.1 cm³/mol. The SMILES string of the molecule is Cc1cccc(CSCc2cnc(NN)s2)c1. The van der Waals surface area contributed by atoms with Gasteiger partial charge in [0, 0.05) is 22.6 Å². The number of thioether (sulfide) groups is 1. The summed E-state index contributed by atoms with van der Waals surface area (Å²) < 4.78 is 0. The summed E-state index contributed by atoms with van der Waals surface area (Å²) in [4.78, 5) is 5.39. The Morgan fingerprint density at radius 1 is 1.41 bits per heavy atom. The number of nitrogens with zero attached hydrogens (tertiary/aromatic N) is 1. The molecule has 0 bridgehead atoms. The summed E-state index contributed by atoms with van der Waals surface area (Å²) in [5.74, 6) is 7.30. The third-order valence-electron chi connectivity index (χ3n) is 2.27. The van der Waals surface area contributed by atoms with Crippen LogP contribution >= 0.6 is 23.1 Å². The van der Waals surface area contributed by atoms with Gasteiger partial charge in [-0.3, -0.25) is 5.43 Å². The minimum atomic E-state index is 0.774. The van der Waals surface area contributed by atoms with Gasteiger partial charge < -0.3 is 0 Å². The number of benzene rings is 1. The molecule has 0 aliphatic heterocycles. The average molecular weight is 265 g/mol. The largest absolute Gasteiger partial charge is 0.300 e. The molecule has 0 saturated heterocycles. The van der Waals surface area contributed by atoms with Crippen molar-refractivity contribution in [3.8, 4) is 0 Å². The lowest BCUT2D eigenvalue weighted by Crippen LogP contribution is -2.05. The zero-order valence-corrected chi connectivity index (χ0v) is 11.3. The number of thiazole rings is 1. The van der Waals surface area contributed by atoms with E-state index in [2.05, 4.69) is 41.6 Å². The Morgan fingerprint density at radius 2 is 2.29 bits per heavy atom. The Labute approximate surface area is 109 Å². The van der Waals surface area contributed by atoms with E-state index >= 15 is 0 Å². The highest BCUT2D eigenvalue weighted by atomic mass is 32.2. The second-order valence-corrected chi connectivity index (χ2v) is 5.86. The second kappa shape index (κ2) is 6.05. The van der Waals surface area contributed by atoms with Crippen molar-refractivity contribution in [1.29, 1.82) is 0 Å². The standard InChI is InChI=1S/C12H15N3S2/c1-9-3-2-4-10(5-9)7-16-8-11-6-14-12(15-13)17-11/h2-6H,7-8,13H2,1H3,(H,14,15). The summed E-state index contributed by atoms with van der Waals surface area (Å²) in [6.45, 7) is 2.12. The van der Waals surface area contributed by atoms with E-state index in [-0.39, 0.29) is 0 Å². The van der Waals surface area contributed by atoms with Crippen molar-refractivity contribution >= 4 is 28.2 Å². The van der Waals surface area contributed by atoms with Crippen molar-refractivity contribution in [2.75, 3.05) is 5.43 Å². The number of rotatable bonds is 5. The number of hydrazine groups is 1. The normalized spacial score (nSPS) is 10.5. The van der Waals surface area contributed by atoms with Gasteiger partial charge in [-0.1, -0.05) is 29.8 Å². The van der Waals surface area contributed by atoms with Crippen LogP contribution in [0.5, 0.6) is 0 Å². The van der Waals surface area contributed by atoms with Crippen LogP contribution in [0.3, 0.4) is 0 Å². The molecule has 2 aromatic rings. The summed E-state index contributed by atoms with van der Waals surface area (Å²) in [6, 6.07) is 8.62. The number of nitrogens with one attached hydrogen (secondary N) is 1. The molecule has 0 amide bonds. The highest BCUT2D eigenvalue weighted by molar-refractivity contribution is 7.97. The molecular formula is C12H15N3S2. The van der Waals surface area contributed by atoms with E-state index in [1.165, 1.54) is 16.0 Å². The first-order chi connectivity index (χ1) is 8.28. The maximum Gasteiger partial charge on any atom is 0.197 e. The van der Waals surface area contributed by atoms with Crippen molar-refractivity contribution in [2.24, 2.45) is 5.84 Å². The molecule has 17 heavy (non-hydrogen) atoms. The van der Waals surface area contributed by atoms with Crippen LogP contribution in [0.25, 0.3) is 0 Å². The first-order valence-corrected chi connectivity index (χ1v) is 7.29. The third-order valence-corrected chi connectivity index (χ3v) is 4.44. The molecule has 3 nitrogen and oxygen atoms in total. The van der Waals surface area contributed by atoms with E-state index in [0.717, 1.165) is 16.6 Å². The number of nitrogens with two attached hydrogens (primary N) is 1. The van der Waals surface area contributed by atoms with Gasteiger partial charge in [0.2, 0.25) is 0 Å². The van der Waals surface area contributed by atoms with E-state index in [1.807, 2.05) is 18.0 Å². The summed E-state index contributed by atoms with van der Waals surface area (Å²) in [6.07, 6.45) is 1.88. The van der Waals surface area contributed by atoms with E-state index in [9.17, 15) is 0 Å². The molecule has 0 unspecified atom stereocenters. The van der Waals surface area contributed by atoms with Gasteiger partial charge in [-0.15, -0.1) is 11.3 Å². The summed E-state index contributed by atoms with van der Waals surface area (Å²) >= 11 is 3.50. The molecule has 0 spiro atoms. The van der Waals surface area contributed by atoms with E-state index in [4.69, 9.17) is 5.84 Å². The van der Waals surface area contributed by atoms with Gasteiger partial charge in [0.1, 0.15) is 0 Å². The Morgan fingerprint density at radius 3 is 3.00 bits per heavy atom. The van der Waals surface area contributed by atoms with Gasteiger partial charge in [-0.25, -0.2) is 10.8 Å². The lowest BCUT2D eigenvalue weighted by Gasteiger charge is -2.01. The van der Waals surface area contributed by atoms with Gasteiger partial charge in [-0.2, -0.15) is 11.8 Å². The zero-order valence-electron chi connectivity index (χ0n) is 9.64. The van der Waals surface area contributed by atoms with Gasteiger partial charge >= 0.3 is 0 Å². The van der Waals surface area contributed by atoms with Crippen molar-refractivity contribution in [2.45, 2.75) is 18.4 Å². The zero-order chi connectivity index (χ0) is 12.1. The van der Waals surface area contributed by atoms with Crippen LogP contribution in [-0.4, -0.2) is 4.98 Å². The fraction of sp³-hybridized carbons (Fsp3) is 0.250. The topological polar surface area (TPSA) is 50.9 Å². The maximum atomic E-state index is 5.29. The summed E-state index contributed by atoms with van der Waals surface area (Å²) in [7, 11) is 0. The number of hydrogen-bond donors (Lipinski definition) is 2. The number of hydrogen-bond acceptors (Lipinski definition) is 5. The molecule has 0 aliphatic carbocycles. The van der Waals surface area contributed by atoms with Crippen LogP contribution in [0.1, 0.15) is 16.0 Å². The maximum absolute atomic E-state index is 5.29. The van der Waals surface area contributed by atoms with Gasteiger partial charge in [0.25, 0.3) is 0 Å². The highest BCUT2D eigenvalue weighted by Crippen LogP contribution is 2.24. The number of aryl methyl sites for hydroxylation is 1. The van der Waals surface area contributed by atoms with Crippen LogP contribution in [0, 0.1) is 6.92 Å². The quantitative estimate of drug-likeness (QED) is 0.644. The smallest absolute Gasteiger partial charge is 0.197 e. The van der Waals surface area contributed by atoms with E-state index in [1.54, 1.807) is 11.3 Å². The number of anilines is 1. The number of nitrogen functional groups attached to an aromatic ring is 1. The van der Waals surface area contributed by atoms with E-state index in [0.29, 0.717) is 0 Å². The van der Waals surface area contributed by atoms with Crippen LogP contribution in [0.2, 0.25) is 0 Å². The second-order valence-electron chi connectivity index (χ2n) is 3.76. The first-order valence-electron chi connectivity index (χ1n) is 5.32. The van der Waals surface area contributed by atoms with E-state index < -0.39 is 0 Å². The molecule has 3 N–H and O–H groups in total. The molecule has 90 valence electrons. The van der Waals surface area contributed by atoms with Crippen molar-refractivity contribution in [1.82, 2.24) is 4.98 Å². The van der Waals surface area contributed by atoms with Crippen molar-refractivity contribution in [3.05, 3.63) is 46.5 Å². The minimum absolute atomic E-state index is 0.774. The fourth-order valence-electron chi connectivity index (χ4n) is 1.51. The molecule has 0 aliphatic rings.